The molecule has 0 bridgehead atoms. The highest BCUT2D eigenvalue weighted by Crippen LogP contribution is 2.26. The van der Waals surface area contributed by atoms with Gasteiger partial charge in [0.05, 0.1) is 11.8 Å². The molecule has 1 saturated carbocycles. The van der Waals surface area contributed by atoms with E-state index in [-0.39, 0.29) is 5.91 Å². The molecular weight excluding hydrogens is 204 g/mol. The van der Waals surface area contributed by atoms with Gasteiger partial charge in [-0.15, -0.1) is 0 Å². The zero-order chi connectivity index (χ0) is 11.7. The van der Waals surface area contributed by atoms with Crippen LogP contribution in [0.15, 0.2) is 6.20 Å². The first-order chi connectivity index (χ1) is 7.58. The highest BCUT2D eigenvalue weighted by atomic mass is 16.2. The summed E-state index contributed by atoms with van der Waals surface area (Å²) in [6.07, 6.45) is 3.64. The lowest BCUT2D eigenvalue weighted by Gasteiger charge is -2.35. The van der Waals surface area contributed by atoms with Crippen LogP contribution in [0, 0.1) is 12.8 Å². The quantitative estimate of drug-likeness (QED) is 0.783. The van der Waals surface area contributed by atoms with Crippen LogP contribution in [-0.4, -0.2) is 40.6 Å². The number of hydrogen-bond donors (Lipinski definition) is 2. The van der Waals surface area contributed by atoms with Crippen LogP contribution < -0.4 is 5.73 Å². The fraction of sp³-hybridized carbons (Fsp3) is 0.636. The van der Waals surface area contributed by atoms with Gasteiger partial charge in [0, 0.05) is 25.3 Å². The van der Waals surface area contributed by atoms with E-state index >= 15 is 0 Å². The number of rotatable bonds is 3. The second kappa shape index (κ2) is 4.25. The summed E-state index contributed by atoms with van der Waals surface area (Å²) in [5.74, 6) is 0.600. The van der Waals surface area contributed by atoms with Gasteiger partial charge in [-0.3, -0.25) is 9.89 Å². The van der Waals surface area contributed by atoms with Crippen molar-refractivity contribution < 1.29 is 4.79 Å². The van der Waals surface area contributed by atoms with Gasteiger partial charge in [-0.1, -0.05) is 0 Å². The van der Waals surface area contributed by atoms with Crippen molar-refractivity contribution >= 4 is 5.91 Å². The zero-order valence-electron chi connectivity index (χ0n) is 9.73. The zero-order valence-corrected chi connectivity index (χ0v) is 9.73. The molecule has 0 unspecified atom stereocenters. The number of nitrogens with one attached hydrogen (secondary N) is 1. The number of amides is 1. The third-order valence-corrected chi connectivity index (χ3v) is 3.21. The fourth-order valence-electron chi connectivity index (χ4n) is 2.18. The third-order valence-electron chi connectivity index (χ3n) is 3.21. The van der Waals surface area contributed by atoms with Crippen molar-refractivity contribution in [1.82, 2.24) is 15.1 Å². The topological polar surface area (TPSA) is 75.0 Å². The molecule has 5 nitrogen and oxygen atoms in total. The van der Waals surface area contributed by atoms with Crippen LogP contribution in [0.25, 0.3) is 0 Å². The van der Waals surface area contributed by atoms with Crippen LogP contribution in [0.1, 0.15) is 28.9 Å². The van der Waals surface area contributed by atoms with Gasteiger partial charge in [0.15, 0.2) is 0 Å². The van der Waals surface area contributed by atoms with E-state index in [0.717, 1.165) is 25.1 Å². The monoisotopic (exact) mass is 222 g/mol. The van der Waals surface area contributed by atoms with E-state index in [2.05, 4.69) is 10.2 Å². The van der Waals surface area contributed by atoms with E-state index in [1.54, 1.807) is 11.1 Å². The first-order valence-electron chi connectivity index (χ1n) is 5.59. The number of carbonyl (C=O) groups is 1. The van der Waals surface area contributed by atoms with Crippen molar-refractivity contribution in [3.8, 4) is 0 Å². The Morgan fingerprint density at radius 3 is 2.88 bits per heavy atom. The van der Waals surface area contributed by atoms with Gasteiger partial charge in [-0.2, -0.15) is 5.10 Å². The summed E-state index contributed by atoms with van der Waals surface area (Å²) in [6.45, 7) is 2.64. The van der Waals surface area contributed by atoms with Crippen LogP contribution in [0.5, 0.6) is 0 Å². The second-order valence-electron chi connectivity index (χ2n) is 4.69. The maximum absolute atomic E-state index is 12.0. The number of aromatic amines is 1. The molecule has 1 aromatic rings. The molecule has 1 aliphatic carbocycles. The molecule has 2 rings (SSSR count). The Labute approximate surface area is 95.0 Å². The number of nitrogens with two attached hydrogens (primary N) is 1. The maximum atomic E-state index is 12.0. The average Bonchev–Trinajstić information content (AvgIpc) is 2.61. The number of carbonyl (C=O) groups excluding carboxylic acids is 1. The van der Waals surface area contributed by atoms with Crippen molar-refractivity contribution in [1.29, 1.82) is 0 Å². The van der Waals surface area contributed by atoms with Crippen LogP contribution >= 0.6 is 0 Å². The van der Waals surface area contributed by atoms with Gasteiger partial charge in [-0.05, 0) is 25.7 Å². The molecule has 0 aliphatic heterocycles. The first kappa shape index (κ1) is 11.1. The molecule has 1 aliphatic rings. The van der Waals surface area contributed by atoms with Crippen molar-refractivity contribution in [2.45, 2.75) is 25.8 Å². The lowest BCUT2D eigenvalue weighted by atomic mass is 9.80. The minimum atomic E-state index is 0.0340. The largest absolute Gasteiger partial charge is 0.341 e. The van der Waals surface area contributed by atoms with Crippen LogP contribution in [0.2, 0.25) is 0 Å². The number of aryl methyl sites for hydroxylation is 1. The lowest BCUT2D eigenvalue weighted by molar-refractivity contribution is 0.0733. The Morgan fingerprint density at radius 2 is 2.38 bits per heavy atom. The number of H-pyrrole nitrogens is 1. The van der Waals surface area contributed by atoms with Crippen molar-refractivity contribution in [2.75, 3.05) is 13.6 Å². The Bertz CT molecular complexity index is 381. The molecule has 1 heterocycles. The van der Waals surface area contributed by atoms with E-state index in [4.69, 9.17) is 5.73 Å². The summed E-state index contributed by atoms with van der Waals surface area (Å²) in [7, 11) is 1.83. The van der Waals surface area contributed by atoms with E-state index in [1.807, 2.05) is 14.0 Å². The molecule has 0 atom stereocenters. The molecule has 0 aromatic carbocycles. The molecule has 1 amide bonds. The predicted molar refractivity (Wildman–Crippen MR) is 61.0 cm³/mol. The molecule has 0 saturated heterocycles. The third kappa shape index (κ3) is 2.09. The predicted octanol–water partition coefficient (Wildman–Crippen LogP) is 0.527. The van der Waals surface area contributed by atoms with Crippen molar-refractivity contribution in [3.63, 3.8) is 0 Å². The van der Waals surface area contributed by atoms with E-state index < -0.39 is 0 Å². The van der Waals surface area contributed by atoms with Gasteiger partial charge in [-0.25, -0.2) is 0 Å². The fourth-order valence-corrected chi connectivity index (χ4v) is 2.18. The standard InChI is InChI=1S/C11H18N4O/c1-7-10(5-13-14-7)11(16)15(2)6-8-3-9(12)4-8/h5,8-9H,3-4,6,12H2,1-2H3,(H,13,14). The second-order valence-corrected chi connectivity index (χ2v) is 4.69. The maximum Gasteiger partial charge on any atom is 0.257 e. The summed E-state index contributed by atoms with van der Waals surface area (Å²) in [5, 5.41) is 6.63. The minimum Gasteiger partial charge on any atom is -0.341 e. The molecule has 0 radical (unpaired) electrons. The lowest BCUT2D eigenvalue weighted by Crippen LogP contribution is -2.43. The smallest absolute Gasteiger partial charge is 0.257 e. The molecule has 1 aromatic heterocycles. The molecule has 5 heteroatoms. The molecule has 16 heavy (non-hydrogen) atoms. The van der Waals surface area contributed by atoms with Crippen molar-refractivity contribution in [3.05, 3.63) is 17.5 Å². The minimum absolute atomic E-state index is 0.0340. The number of hydrogen-bond acceptors (Lipinski definition) is 3. The molecule has 3 N–H and O–H groups in total. The normalized spacial score (nSPS) is 23.9. The number of nitrogens with zero attached hydrogens (tertiary/aromatic N) is 2. The average molecular weight is 222 g/mol. The first-order valence-corrected chi connectivity index (χ1v) is 5.59. The molecule has 0 spiro atoms. The summed E-state index contributed by atoms with van der Waals surface area (Å²) >= 11 is 0. The Balaban J connectivity index is 1.92. The molecule has 88 valence electrons. The Morgan fingerprint density at radius 1 is 1.69 bits per heavy atom. The Hall–Kier alpha value is -1.36. The van der Waals surface area contributed by atoms with E-state index in [0.29, 0.717) is 17.5 Å². The highest BCUT2D eigenvalue weighted by molar-refractivity contribution is 5.94. The summed E-state index contributed by atoms with van der Waals surface area (Å²) in [4.78, 5) is 13.8. The van der Waals surface area contributed by atoms with Gasteiger partial charge in [0.2, 0.25) is 0 Å². The summed E-state index contributed by atoms with van der Waals surface area (Å²) in [6, 6.07) is 0.337. The van der Waals surface area contributed by atoms with Crippen LogP contribution in [0.4, 0.5) is 0 Å². The highest BCUT2D eigenvalue weighted by Gasteiger charge is 2.28. The van der Waals surface area contributed by atoms with E-state index in [9.17, 15) is 4.79 Å². The molecular formula is C11H18N4O. The van der Waals surface area contributed by atoms with Gasteiger partial charge >= 0.3 is 0 Å². The van der Waals surface area contributed by atoms with Gasteiger partial charge in [0.25, 0.3) is 5.91 Å². The van der Waals surface area contributed by atoms with Gasteiger partial charge in [0.1, 0.15) is 0 Å². The Kier molecular flexibility index (Phi) is 2.96. The van der Waals surface area contributed by atoms with E-state index in [1.165, 1.54) is 0 Å². The van der Waals surface area contributed by atoms with Gasteiger partial charge < -0.3 is 10.6 Å². The molecule has 1 fully saturated rings. The van der Waals surface area contributed by atoms with Crippen molar-refractivity contribution in [2.24, 2.45) is 11.7 Å². The van der Waals surface area contributed by atoms with Crippen LogP contribution in [0.3, 0.4) is 0 Å². The SMILES string of the molecule is Cc1[nH]ncc1C(=O)N(C)CC1CC(N)C1. The number of aromatic nitrogens is 2. The summed E-state index contributed by atoms with van der Waals surface area (Å²) in [5.41, 5.74) is 7.20. The van der Waals surface area contributed by atoms with Crippen LogP contribution in [-0.2, 0) is 0 Å². The summed E-state index contributed by atoms with van der Waals surface area (Å²) < 4.78 is 0.